The van der Waals surface area contributed by atoms with Crippen LogP contribution in [0.25, 0.3) is 11.4 Å². The van der Waals surface area contributed by atoms with E-state index in [1.165, 1.54) is 17.3 Å². The maximum absolute atomic E-state index is 12.8. The molecule has 1 N–H and O–H groups in total. The topological polar surface area (TPSA) is 59.8 Å². The number of hydrogen-bond donors (Lipinski definition) is 1. The summed E-state index contributed by atoms with van der Waals surface area (Å²) in [4.78, 5) is 12.8. The summed E-state index contributed by atoms with van der Waals surface area (Å²) in [7, 11) is 1.94. The number of carbonyl (C=O) groups is 1. The van der Waals surface area contributed by atoms with Crippen LogP contribution >= 0.6 is 11.8 Å². The van der Waals surface area contributed by atoms with Crippen LogP contribution in [0.5, 0.6) is 0 Å². The van der Waals surface area contributed by atoms with Crippen LogP contribution in [0.3, 0.4) is 0 Å². The van der Waals surface area contributed by atoms with E-state index in [4.69, 9.17) is 0 Å². The lowest BCUT2D eigenvalue weighted by Crippen LogP contribution is -2.23. The molecule has 1 aromatic heterocycles. The van der Waals surface area contributed by atoms with E-state index in [2.05, 4.69) is 48.4 Å². The second-order valence-electron chi connectivity index (χ2n) is 7.33. The lowest BCUT2D eigenvalue weighted by atomic mass is 9.97. The van der Waals surface area contributed by atoms with Gasteiger partial charge in [-0.05, 0) is 43.4 Å². The average Bonchev–Trinajstić information content (AvgIpc) is 3.08. The molecular weight excluding hydrogens is 380 g/mol. The third-order valence-corrected chi connectivity index (χ3v) is 6.37. The summed E-state index contributed by atoms with van der Waals surface area (Å²) in [6.45, 7) is 8.29. The van der Waals surface area contributed by atoms with Crippen LogP contribution in [0.1, 0.15) is 44.2 Å². The molecule has 29 heavy (non-hydrogen) atoms. The van der Waals surface area contributed by atoms with E-state index in [0.717, 1.165) is 34.2 Å². The highest BCUT2D eigenvalue weighted by atomic mass is 32.2. The van der Waals surface area contributed by atoms with Gasteiger partial charge in [0.2, 0.25) is 5.91 Å². The van der Waals surface area contributed by atoms with Crippen molar-refractivity contribution in [2.45, 2.75) is 50.4 Å². The molecule has 0 aliphatic heterocycles. The Bertz CT molecular complexity index is 998. The number of aromatic nitrogens is 3. The predicted molar refractivity (Wildman–Crippen MR) is 120 cm³/mol. The minimum atomic E-state index is -0.299. The highest BCUT2D eigenvalue weighted by Gasteiger charge is 2.21. The first-order chi connectivity index (χ1) is 13.9. The molecule has 0 bridgehead atoms. The number of nitrogens with one attached hydrogen (secondary N) is 1. The number of aryl methyl sites for hydroxylation is 1. The number of benzene rings is 2. The Labute approximate surface area is 176 Å². The Morgan fingerprint density at radius 3 is 2.52 bits per heavy atom. The minimum absolute atomic E-state index is 0.0359. The standard InChI is InChI=1S/C23H28N4OS/c1-6-15(2)18-12-9-10-14-20(18)24-22(28)17(4)29-23-26-25-21(27(23)5)19-13-8-7-11-16(19)3/h7-15,17H,6H2,1-5H3,(H,24,28)/t15-,17+/m1/s1. The Hall–Kier alpha value is -2.60. The summed E-state index contributed by atoms with van der Waals surface area (Å²) in [6, 6.07) is 16.1. The molecule has 1 heterocycles. The van der Waals surface area contributed by atoms with Crippen LogP contribution in [-0.2, 0) is 11.8 Å². The van der Waals surface area contributed by atoms with Crippen LogP contribution in [0.4, 0.5) is 5.69 Å². The third kappa shape index (κ3) is 4.70. The van der Waals surface area contributed by atoms with Crippen molar-refractivity contribution in [2.75, 3.05) is 5.32 Å². The molecule has 0 aliphatic carbocycles. The Kier molecular flexibility index (Phi) is 6.75. The molecule has 1 amide bonds. The number of amides is 1. The van der Waals surface area contributed by atoms with Crippen LogP contribution in [0, 0.1) is 6.92 Å². The van der Waals surface area contributed by atoms with E-state index in [1.54, 1.807) is 0 Å². The number of hydrogen-bond acceptors (Lipinski definition) is 4. The molecule has 0 radical (unpaired) electrons. The van der Waals surface area contributed by atoms with Gasteiger partial charge in [0.1, 0.15) is 0 Å². The molecule has 3 rings (SSSR count). The van der Waals surface area contributed by atoms with Crippen molar-refractivity contribution >= 4 is 23.4 Å². The van der Waals surface area contributed by atoms with Crippen molar-refractivity contribution in [2.24, 2.45) is 7.05 Å². The molecule has 0 aliphatic rings. The van der Waals surface area contributed by atoms with Gasteiger partial charge in [0, 0.05) is 18.3 Å². The fourth-order valence-electron chi connectivity index (χ4n) is 3.18. The van der Waals surface area contributed by atoms with E-state index in [-0.39, 0.29) is 11.2 Å². The van der Waals surface area contributed by atoms with Gasteiger partial charge in [0.25, 0.3) is 0 Å². The molecule has 3 aromatic rings. The van der Waals surface area contributed by atoms with Gasteiger partial charge >= 0.3 is 0 Å². The van der Waals surface area contributed by atoms with Crippen LogP contribution in [-0.4, -0.2) is 25.9 Å². The van der Waals surface area contributed by atoms with Gasteiger partial charge in [-0.3, -0.25) is 4.79 Å². The summed E-state index contributed by atoms with van der Waals surface area (Å²) in [5, 5.41) is 12.2. The van der Waals surface area contributed by atoms with Gasteiger partial charge in [0.15, 0.2) is 11.0 Å². The number of anilines is 1. The van der Waals surface area contributed by atoms with Gasteiger partial charge in [-0.2, -0.15) is 0 Å². The Morgan fingerprint density at radius 2 is 1.79 bits per heavy atom. The van der Waals surface area contributed by atoms with Gasteiger partial charge in [-0.15, -0.1) is 10.2 Å². The van der Waals surface area contributed by atoms with Crippen molar-refractivity contribution in [1.29, 1.82) is 0 Å². The number of nitrogens with zero attached hydrogens (tertiary/aromatic N) is 3. The van der Waals surface area contributed by atoms with Crippen LogP contribution in [0.2, 0.25) is 0 Å². The van der Waals surface area contributed by atoms with Gasteiger partial charge in [-0.1, -0.05) is 68.1 Å². The largest absolute Gasteiger partial charge is 0.325 e. The van der Waals surface area contributed by atoms with Crippen molar-refractivity contribution < 1.29 is 4.79 Å². The third-order valence-electron chi connectivity index (χ3n) is 5.23. The van der Waals surface area contributed by atoms with E-state index in [0.29, 0.717) is 5.92 Å². The maximum Gasteiger partial charge on any atom is 0.237 e. The smallest absolute Gasteiger partial charge is 0.237 e. The normalized spacial score (nSPS) is 13.1. The lowest BCUT2D eigenvalue weighted by molar-refractivity contribution is -0.115. The molecule has 152 valence electrons. The molecule has 0 unspecified atom stereocenters. The number of thioether (sulfide) groups is 1. The predicted octanol–water partition coefficient (Wildman–Crippen LogP) is 5.42. The summed E-state index contributed by atoms with van der Waals surface area (Å²) >= 11 is 1.42. The SMILES string of the molecule is CC[C@@H](C)c1ccccc1NC(=O)[C@H](C)Sc1nnc(-c2ccccc2C)n1C. The van der Waals surface area contributed by atoms with Gasteiger partial charge in [-0.25, -0.2) is 0 Å². The van der Waals surface area contributed by atoms with Gasteiger partial charge < -0.3 is 9.88 Å². The molecule has 0 saturated heterocycles. The van der Waals surface area contributed by atoms with E-state index in [1.807, 2.05) is 54.9 Å². The molecule has 0 fully saturated rings. The summed E-state index contributed by atoms with van der Waals surface area (Å²) in [5.41, 5.74) is 4.25. The molecule has 0 spiro atoms. The highest BCUT2D eigenvalue weighted by Crippen LogP contribution is 2.30. The van der Waals surface area contributed by atoms with Crippen molar-refractivity contribution in [3.63, 3.8) is 0 Å². The van der Waals surface area contributed by atoms with Crippen molar-refractivity contribution in [3.05, 3.63) is 59.7 Å². The zero-order chi connectivity index (χ0) is 21.0. The first-order valence-corrected chi connectivity index (χ1v) is 10.8. The quantitative estimate of drug-likeness (QED) is 0.530. The number of carbonyl (C=O) groups excluding carboxylic acids is 1. The van der Waals surface area contributed by atoms with Crippen molar-refractivity contribution in [3.8, 4) is 11.4 Å². The highest BCUT2D eigenvalue weighted by molar-refractivity contribution is 8.00. The summed E-state index contributed by atoms with van der Waals surface area (Å²) in [6.07, 6.45) is 1.03. The minimum Gasteiger partial charge on any atom is -0.325 e. The second-order valence-corrected chi connectivity index (χ2v) is 8.63. The Balaban J connectivity index is 1.74. The first-order valence-electron chi connectivity index (χ1n) is 9.94. The van der Waals surface area contributed by atoms with E-state index >= 15 is 0 Å². The van der Waals surface area contributed by atoms with Gasteiger partial charge in [0.05, 0.1) is 5.25 Å². The van der Waals surface area contributed by atoms with E-state index in [9.17, 15) is 4.79 Å². The zero-order valence-corrected chi connectivity index (χ0v) is 18.5. The van der Waals surface area contributed by atoms with Crippen molar-refractivity contribution in [1.82, 2.24) is 14.8 Å². The molecule has 2 atom stereocenters. The molecule has 5 nitrogen and oxygen atoms in total. The average molecular weight is 409 g/mol. The lowest BCUT2D eigenvalue weighted by Gasteiger charge is -2.17. The number of rotatable bonds is 7. The maximum atomic E-state index is 12.8. The fraction of sp³-hybridized carbons (Fsp3) is 0.348. The summed E-state index contributed by atoms with van der Waals surface area (Å²) in [5.74, 6) is 1.16. The summed E-state index contributed by atoms with van der Waals surface area (Å²) < 4.78 is 1.95. The van der Waals surface area contributed by atoms with E-state index < -0.39 is 0 Å². The molecule has 2 aromatic carbocycles. The fourth-order valence-corrected chi connectivity index (χ4v) is 4.00. The van der Waals surface area contributed by atoms with Crippen LogP contribution < -0.4 is 5.32 Å². The second kappa shape index (κ2) is 9.27. The number of para-hydroxylation sites is 1. The van der Waals surface area contributed by atoms with Crippen LogP contribution in [0.15, 0.2) is 53.7 Å². The molecule has 0 saturated carbocycles. The Morgan fingerprint density at radius 1 is 1.10 bits per heavy atom. The first kappa shape index (κ1) is 21.1. The molecular formula is C23H28N4OS. The zero-order valence-electron chi connectivity index (χ0n) is 17.6. The monoisotopic (exact) mass is 408 g/mol. The molecule has 6 heteroatoms.